The van der Waals surface area contributed by atoms with Crippen molar-refractivity contribution >= 4 is 65.6 Å². The summed E-state index contributed by atoms with van der Waals surface area (Å²) in [6, 6.07) is 90.0. The third-order valence-corrected chi connectivity index (χ3v) is 16.1. The molecule has 70 heavy (non-hydrogen) atoms. The van der Waals surface area contributed by atoms with Crippen molar-refractivity contribution in [3.63, 3.8) is 0 Å². The van der Waals surface area contributed by atoms with Crippen LogP contribution < -0.4 is 4.90 Å². The van der Waals surface area contributed by atoms with Gasteiger partial charge in [0, 0.05) is 59.4 Å². The van der Waals surface area contributed by atoms with Crippen molar-refractivity contribution in [2.45, 2.75) is 18.3 Å². The van der Waals surface area contributed by atoms with Crippen molar-refractivity contribution in [2.75, 3.05) is 4.90 Å². The molecule has 2 nitrogen and oxygen atoms in total. The van der Waals surface area contributed by atoms with Gasteiger partial charge in [-0.1, -0.05) is 188 Å². The average Bonchev–Trinajstić information content (AvgIpc) is 4.08. The summed E-state index contributed by atoms with van der Waals surface area (Å²) < 4.78 is 5.19. The summed E-state index contributed by atoms with van der Waals surface area (Å²) >= 11 is 1.89. The van der Waals surface area contributed by atoms with E-state index >= 15 is 0 Å². The minimum Gasteiger partial charge on any atom is -0.313 e. The van der Waals surface area contributed by atoms with Gasteiger partial charge < -0.3 is 9.47 Å². The zero-order chi connectivity index (χ0) is 46.2. The third-order valence-electron chi connectivity index (χ3n) is 14.9. The SMILES string of the molecule is C1=Cc2c(n(-c3ccc4c(c3)sc3ccccc34)c3ccc(-c4cccc(-c5ccccc5N(c5ccccc5)c5ccc6c(c5)-c5ccccc5C6(c5ccccc5)c5ccccc5)c4)cc23)CC1. The predicted molar refractivity (Wildman–Crippen MR) is 296 cm³/mol. The second-order valence-electron chi connectivity index (χ2n) is 18.7. The third kappa shape index (κ3) is 6.25. The molecule has 14 rings (SSSR count). The summed E-state index contributed by atoms with van der Waals surface area (Å²) in [5.74, 6) is 0. The van der Waals surface area contributed by atoms with E-state index < -0.39 is 5.41 Å². The lowest BCUT2D eigenvalue weighted by atomic mass is 9.68. The maximum absolute atomic E-state index is 2.52. The first-order valence-corrected chi connectivity index (χ1v) is 25.2. The van der Waals surface area contributed by atoms with Gasteiger partial charge in [0.05, 0.1) is 16.6 Å². The maximum atomic E-state index is 2.52. The first kappa shape index (κ1) is 40.6. The molecule has 0 aliphatic heterocycles. The molecule has 2 aliphatic rings. The zero-order valence-corrected chi connectivity index (χ0v) is 39.3. The van der Waals surface area contributed by atoms with Crippen molar-refractivity contribution in [3.8, 4) is 39.1 Å². The topological polar surface area (TPSA) is 8.17 Å². The van der Waals surface area contributed by atoms with E-state index in [0.717, 1.165) is 29.9 Å². The zero-order valence-electron chi connectivity index (χ0n) is 38.5. The Hall–Kier alpha value is -8.50. The lowest BCUT2D eigenvalue weighted by Gasteiger charge is -2.34. The molecule has 0 fully saturated rings. The van der Waals surface area contributed by atoms with Crippen LogP contribution in [-0.2, 0) is 11.8 Å². The van der Waals surface area contributed by atoms with Crippen LogP contribution in [0.4, 0.5) is 17.1 Å². The van der Waals surface area contributed by atoms with Gasteiger partial charge >= 0.3 is 0 Å². The first-order valence-electron chi connectivity index (χ1n) is 24.4. The van der Waals surface area contributed by atoms with Gasteiger partial charge in [0.2, 0.25) is 0 Å². The lowest BCUT2D eigenvalue weighted by molar-refractivity contribution is 0.768. The largest absolute Gasteiger partial charge is 0.313 e. The number of hydrogen-bond donors (Lipinski definition) is 0. The van der Waals surface area contributed by atoms with Gasteiger partial charge in [-0.15, -0.1) is 11.3 Å². The second kappa shape index (κ2) is 16.3. The summed E-state index contributed by atoms with van der Waals surface area (Å²) in [6.07, 6.45) is 6.75. The van der Waals surface area contributed by atoms with Gasteiger partial charge in [0.15, 0.2) is 0 Å². The number of aromatic nitrogens is 1. The highest BCUT2D eigenvalue weighted by atomic mass is 32.1. The molecule has 3 heteroatoms. The first-order chi connectivity index (χ1) is 34.7. The van der Waals surface area contributed by atoms with Gasteiger partial charge in [0.25, 0.3) is 0 Å². The normalized spacial score (nSPS) is 13.4. The molecule has 2 aliphatic carbocycles. The van der Waals surface area contributed by atoms with Crippen LogP contribution in [0.3, 0.4) is 0 Å². The molecule has 0 saturated heterocycles. The number of anilines is 3. The Morgan fingerprint density at radius 1 is 0.429 bits per heavy atom. The minimum atomic E-state index is -0.460. The van der Waals surface area contributed by atoms with E-state index in [1.165, 1.54) is 104 Å². The number of allylic oxidation sites excluding steroid dienone is 1. The molecule has 2 heterocycles. The molecule has 0 saturated carbocycles. The van der Waals surface area contributed by atoms with Crippen LogP contribution in [0, 0.1) is 0 Å². The highest BCUT2D eigenvalue weighted by Crippen LogP contribution is 2.57. The number of hydrogen-bond acceptors (Lipinski definition) is 2. The molecule has 330 valence electrons. The van der Waals surface area contributed by atoms with E-state index in [4.69, 9.17) is 0 Å². The van der Waals surface area contributed by atoms with Crippen LogP contribution in [-0.4, -0.2) is 4.57 Å². The standard InChI is InChI=1S/C67H46N2S/c1-4-21-48(22-5-1)67(49-23-6-2-7-24-49)60-31-14-10-28-54(60)58-43-51(37-39-61(58)67)68(50-25-8-3-9-26-50)62-32-15-11-27-53(62)47-20-18-19-45(41-47)46-35-40-64-59(42-46)55-29-12-16-33-63(55)69(64)52-36-38-57-56-30-13-17-34-65(56)70-66(57)44-52/h1-15,17-32,34-44H,16,33H2. The van der Waals surface area contributed by atoms with Gasteiger partial charge in [-0.25, -0.2) is 0 Å². The summed E-state index contributed by atoms with van der Waals surface area (Å²) in [5, 5.41) is 3.96. The summed E-state index contributed by atoms with van der Waals surface area (Å²) in [7, 11) is 0. The fourth-order valence-electron chi connectivity index (χ4n) is 11.9. The van der Waals surface area contributed by atoms with E-state index in [2.05, 4.69) is 264 Å². The number of rotatable bonds is 8. The lowest BCUT2D eigenvalue weighted by Crippen LogP contribution is -2.28. The molecule has 2 aromatic heterocycles. The Kier molecular flexibility index (Phi) is 9.47. The van der Waals surface area contributed by atoms with Crippen LogP contribution in [0.25, 0.3) is 76.2 Å². The number of fused-ring (bicyclic) bond motifs is 9. The molecule has 0 atom stereocenters. The van der Waals surface area contributed by atoms with E-state index in [0.29, 0.717) is 0 Å². The number of thiophene rings is 1. The predicted octanol–water partition coefficient (Wildman–Crippen LogP) is 18.1. The van der Waals surface area contributed by atoms with Gasteiger partial charge in [-0.2, -0.15) is 0 Å². The molecule has 0 bridgehead atoms. The van der Waals surface area contributed by atoms with Crippen LogP contribution in [0.1, 0.15) is 39.9 Å². The smallest absolute Gasteiger partial charge is 0.0713 e. The molecule has 12 aromatic rings. The highest BCUT2D eigenvalue weighted by Gasteiger charge is 2.46. The second-order valence-corrected chi connectivity index (χ2v) is 19.8. The molecule has 10 aromatic carbocycles. The van der Waals surface area contributed by atoms with Crippen molar-refractivity contribution in [3.05, 3.63) is 282 Å². The Labute approximate surface area is 412 Å². The number of benzene rings is 10. The van der Waals surface area contributed by atoms with Gasteiger partial charge in [0.1, 0.15) is 0 Å². The van der Waals surface area contributed by atoms with Crippen LogP contribution >= 0.6 is 11.3 Å². The molecular weight excluding hydrogens is 865 g/mol. The quantitative estimate of drug-likeness (QED) is 0.147. The minimum absolute atomic E-state index is 0.460. The highest BCUT2D eigenvalue weighted by molar-refractivity contribution is 7.25. The Balaban J connectivity index is 0.889. The van der Waals surface area contributed by atoms with Crippen LogP contribution in [0.2, 0.25) is 0 Å². The summed E-state index contributed by atoms with van der Waals surface area (Å²) in [5.41, 5.74) is 20.5. The van der Waals surface area contributed by atoms with Crippen molar-refractivity contribution < 1.29 is 0 Å². The molecule has 0 amide bonds. The van der Waals surface area contributed by atoms with Crippen molar-refractivity contribution in [2.24, 2.45) is 0 Å². The van der Waals surface area contributed by atoms with E-state index in [9.17, 15) is 0 Å². The Bertz CT molecular complexity index is 3970. The van der Waals surface area contributed by atoms with E-state index in [-0.39, 0.29) is 0 Å². The Morgan fingerprint density at radius 2 is 1.10 bits per heavy atom. The van der Waals surface area contributed by atoms with Gasteiger partial charge in [-0.05, 0) is 130 Å². The fourth-order valence-corrected chi connectivity index (χ4v) is 13.0. The van der Waals surface area contributed by atoms with Gasteiger partial charge in [-0.3, -0.25) is 0 Å². The fraction of sp³-hybridized carbons (Fsp3) is 0.0448. The van der Waals surface area contributed by atoms with E-state index in [1.807, 2.05) is 11.3 Å². The Morgan fingerprint density at radius 3 is 1.93 bits per heavy atom. The van der Waals surface area contributed by atoms with Crippen molar-refractivity contribution in [1.82, 2.24) is 4.57 Å². The average molecular weight is 911 g/mol. The summed E-state index contributed by atoms with van der Waals surface area (Å²) in [4.78, 5) is 2.44. The molecule has 0 N–H and O–H groups in total. The maximum Gasteiger partial charge on any atom is 0.0713 e. The monoisotopic (exact) mass is 910 g/mol. The summed E-state index contributed by atoms with van der Waals surface area (Å²) in [6.45, 7) is 0. The molecule has 0 spiro atoms. The van der Waals surface area contributed by atoms with E-state index in [1.54, 1.807) is 0 Å². The number of nitrogens with zero attached hydrogens (tertiary/aromatic N) is 2. The molecular formula is C67H46N2S. The molecule has 0 unspecified atom stereocenters. The van der Waals surface area contributed by atoms with Crippen LogP contribution in [0.5, 0.6) is 0 Å². The number of para-hydroxylation sites is 2. The molecule has 0 radical (unpaired) electrons. The van der Waals surface area contributed by atoms with Crippen LogP contribution in [0.15, 0.2) is 249 Å². The van der Waals surface area contributed by atoms with Crippen molar-refractivity contribution in [1.29, 1.82) is 0 Å².